The van der Waals surface area contributed by atoms with Crippen LogP contribution in [0.3, 0.4) is 0 Å². The lowest BCUT2D eigenvalue weighted by atomic mass is 9.95. The zero-order chi connectivity index (χ0) is 13.4. The summed E-state index contributed by atoms with van der Waals surface area (Å²) in [6.07, 6.45) is 0.309. The topological polar surface area (TPSA) is 69.6 Å². The number of halogens is 2. The zero-order valence-corrected chi connectivity index (χ0v) is 10.5. The van der Waals surface area contributed by atoms with Crippen LogP contribution in [0.25, 0.3) is 0 Å². The van der Waals surface area contributed by atoms with Gasteiger partial charge < -0.3 is 15.5 Å². The summed E-state index contributed by atoms with van der Waals surface area (Å²) < 4.78 is 13.5. The third kappa shape index (κ3) is 2.15. The molecule has 1 aromatic rings. The van der Waals surface area contributed by atoms with Crippen molar-refractivity contribution in [1.29, 1.82) is 0 Å². The standard InChI is InChI=1S/C12H13ClFNO3/c1-5-7(13)3-8(14)11(16)10(5)9-2-6(4-15-9)12(17)18/h3,6,9,15-16H,2,4H2,1H3,(H,17,18). The first kappa shape index (κ1) is 13.1. The van der Waals surface area contributed by atoms with Gasteiger partial charge in [-0.15, -0.1) is 0 Å². The molecule has 1 saturated heterocycles. The Hall–Kier alpha value is -1.33. The molecule has 1 aliphatic rings. The van der Waals surface area contributed by atoms with Gasteiger partial charge in [0.15, 0.2) is 11.6 Å². The fourth-order valence-corrected chi connectivity index (χ4v) is 2.49. The lowest BCUT2D eigenvalue weighted by Gasteiger charge is -2.17. The van der Waals surface area contributed by atoms with Crippen molar-refractivity contribution >= 4 is 17.6 Å². The molecular weight excluding hydrogens is 261 g/mol. The predicted octanol–water partition coefficient (Wildman–Crippen LogP) is 2.23. The van der Waals surface area contributed by atoms with E-state index in [0.29, 0.717) is 24.1 Å². The molecule has 6 heteroatoms. The number of nitrogens with one attached hydrogen (secondary N) is 1. The molecule has 2 atom stereocenters. The van der Waals surface area contributed by atoms with Crippen LogP contribution in [-0.2, 0) is 4.79 Å². The quantitative estimate of drug-likeness (QED) is 0.773. The average Bonchev–Trinajstić information content (AvgIpc) is 2.76. The molecule has 2 rings (SSSR count). The molecule has 0 saturated carbocycles. The van der Waals surface area contributed by atoms with Gasteiger partial charge in [-0.1, -0.05) is 11.6 Å². The van der Waals surface area contributed by atoms with Crippen LogP contribution in [0.2, 0.25) is 5.02 Å². The summed E-state index contributed by atoms with van der Waals surface area (Å²) in [5.74, 6) is -2.68. The number of phenolic OH excluding ortho intramolecular Hbond substituents is 1. The highest BCUT2D eigenvalue weighted by molar-refractivity contribution is 6.31. The number of benzene rings is 1. The van der Waals surface area contributed by atoms with Crippen molar-refractivity contribution in [3.63, 3.8) is 0 Å². The summed E-state index contributed by atoms with van der Waals surface area (Å²) in [5.41, 5.74) is 0.919. The van der Waals surface area contributed by atoms with Gasteiger partial charge >= 0.3 is 5.97 Å². The third-order valence-corrected chi connectivity index (χ3v) is 3.72. The average molecular weight is 274 g/mol. The van der Waals surface area contributed by atoms with E-state index in [1.54, 1.807) is 6.92 Å². The van der Waals surface area contributed by atoms with E-state index in [4.69, 9.17) is 16.7 Å². The van der Waals surface area contributed by atoms with Crippen LogP contribution < -0.4 is 5.32 Å². The Labute approximate surface area is 108 Å². The SMILES string of the molecule is Cc1c(Cl)cc(F)c(O)c1C1CC(C(=O)O)CN1. The highest BCUT2D eigenvalue weighted by Crippen LogP contribution is 2.39. The molecule has 18 heavy (non-hydrogen) atoms. The van der Waals surface area contributed by atoms with Gasteiger partial charge in [0.1, 0.15) is 0 Å². The highest BCUT2D eigenvalue weighted by atomic mass is 35.5. The fraction of sp³-hybridized carbons (Fsp3) is 0.417. The maximum absolute atomic E-state index is 13.5. The van der Waals surface area contributed by atoms with Crippen molar-refractivity contribution in [2.45, 2.75) is 19.4 Å². The van der Waals surface area contributed by atoms with Gasteiger partial charge in [-0.3, -0.25) is 4.79 Å². The number of aromatic hydroxyl groups is 1. The highest BCUT2D eigenvalue weighted by Gasteiger charge is 2.33. The third-order valence-electron chi connectivity index (χ3n) is 3.33. The van der Waals surface area contributed by atoms with E-state index in [0.717, 1.165) is 6.07 Å². The van der Waals surface area contributed by atoms with Crippen LogP contribution in [0, 0.1) is 18.7 Å². The molecule has 4 nitrogen and oxygen atoms in total. The second-order valence-electron chi connectivity index (χ2n) is 4.46. The van der Waals surface area contributed by atoms with Gasteiger partial charge in [0.2, 0.25) is 0 Å². The first-order chi connectivity index (χ1) is 8.41. The molecule has 0 amide bonds. The number of hydrogen-bond donors (Lipinski definition) is 3. The molecule has 0 radical (unpaired) electrons. The Kier molecular flexibility index (Phi) is 3.45. The number of aliphatic carboxylic acids is 1. The van der Waals surface area contributed by atoms with Crippen molar-refractivity contribution in [3.05, 3.63) is 28.0 Å². The van der Waals surface area contributed by atoms with Crippen LogP contribution in [0.1, 0.15) is 23.6 Å². The van der Waals surface area contributed by atoms with Crippen molar-refractivity contribution in [2.24, 2.45) is 5.92 Å². The Morgan fingerprint density at radius 1 is 1.61 bits per heavy atom. The maximum atomic E-state index is 13.5. The summed E-state index contributed by atoms with van der Waals surface area (Å²) in [6, 6.07) is 0.665. The van der Waals surface area contributed by atoms with Crippen LogP contribution in [0.5, 0.6) is 5.75 Å². The summed E-state index contributed by atoms with van der Waals surface area (Å²) >= 11 is 5.87. The second-order valence-corrected chi connectivity index (χ2v) is 4.87. The Morgan fingerprint density at radius 3 is 2.83 bits per heavy atom. The first-order valence-electron chi connectivity index (χ1n) is 5.55. The Bertz CT molecular complexity index is 480. The number of carboxylic acid groups (broad SMARTS) is 1. The molecule has 98 valence electrons. The van der Waals surface area contributed by atoms with E-state index >= 15 is 0 Å². The first-order valence-corrected chi connectivity index (χ1v) is 5.93. The van der Waals surface area contributed by atoms with Crippen LogP contribution in [0.4, 0.5) is 4.39 Å². The summed E-state index contributed by atoms with van der Waals surface area (Å²) in [6.45, 7) is 1.97. The van der Waals surface area contributed by atoms with E-state index in [9.17, 15) is 14.3 Å². The number of carbonyl (C=O) groups is 1. The minimum Gasteiger partial charge on any atom is -0.505 e. The second kappa shape index (κ2) is 4.74. The van der Waals surface area contributed by atoms with E-state index in [2.05, 4.69) is 5.32 Å². The molecule has 3 N–H and O–H groups in total. The molecule has 0 bridgehead atoms. The van der Waals surface area contributed by atoms with E-state index in [-0.39, 0.29) is 11.1 Å². The van der Waals surface area contributed by atoms with Crippen LogP contribution in [-0.4, -0.2) is 22.7 Å². The van der Waals surface area contributed by atoms with E-state index in [1.807, 2.05) is 0 Å². The predicted molar refractivity (Wildman–Crippen MR) is 64.3 cm³/mol. The van der Waals surface area contributed by atoms with Crippen molar-refractivity contribution in [3.8, 4) is 5.75 Å². The Balaban J connectivity index is 2.38. The smallest absolute Gasteiger partial charge is 0.307 e. The minimum absolute atomic E-state index is 0.223. The lowest BCUT2D eigenvalue weighted by molar-refractivity contribution is -0.141. The van der Waals surface area contributed by atoms with Crippen LogP contribution >= 0.6 is 11.6 Å². The van der Waals surface area contributed by atoms with Crippen molar-refractivity contribution < 1.29 is 19.4 Å². The molecular formula is C12H13ClFNO3. The largest absolute Gasteiger partial charge is 0.505 e. The summed E-state index contributed by atoms with van der Waals surface area (Å²) in [7, 11) is 0. The van der Waals surface area contributed by atoms with Gasteiger partial charge in [0.25, 0.3) is 0 Å². The zero-order valence-electron chi connectivity index (χ0n) is 9.70. The fourth-order valence-electron chi connectivity index (χ4n) is 2.29. The number of rotatable bonds is 2. The summed E-state index contributed by atoms with van der Waals surface area (Å²) in [5, 5.41) is 21.9. The van der Waals surface area contributed by atoms with Crippen LogP contribution in [0.15, 0.2) is 6.07 Å². The summed E-state index contributed by atoms with van der Waals surface area (Å²) in [4.78, 5) is 10.9. The van der Waals surface area contributed by atoms with E-state index in [1.165, 1.54) is 0 Å². The van der Waals surface area contributed by atoms with Gasteiger partial charge in [0.05, 0.1) is 5.92 Å². The van der Waals surface area contributed by atoms with Gasteiger partial charge in [0, 0.05) is 23.2 Å². The molecule has 1 heterocycles. The molecule has 1 fully saturated rings. The van der Waals surface area contributed by atoms with Gasteiger partial charge in [-0.25, -0.2) is 4.39 Å². The molecule has 1 aromatic carbocycles. The molecule has 0 aliphatic carbocycles. The number of hydrogen-bond acceptors (Lipinski definition) is 3. The maximum Gasteiger partial charge on any atom is 0.307 e. The Morgan fingerprint density at radius 2 is 2.28 bits per heavy atom. The van der Waals surface area contributed by atoms with Gasteiger partial charge in [-0.05, 0) is 25.0 Å². The molecule has 2 unspecified atom stereocenters. The minimum atomic E-state index is -0.898. The molecule has 1 aliphatic heterocycles. The normalized spacial score (nSPS) is 23.3. The number of phenols is 1. The number of carboxylic acids is 1. The lowest BCUT2D eigenvalue weighted by Crippen LogP contribution is -2.17. The van der Waals surface area contributed by atoms with Crippen molar-refractivity contribution in [2.75, 3.05) is 6.54 Å². The molecule has 0 aromatic heterocycles. The van der Waals surface area contributed by atoms with Gasteiger partial charge in [-0.2, -0.15) is 0 Å². The monoisotopic (exact) mass is 273 g/mol. The molecule has 0 spiro atoms. The van der Waals surface area contributed by atoms with Crippen molar-refractivity contribution in [1.82, 2.24) is 5.32 Å². The van der Waals surface area contributed by atoms with E-state index < -0.39 is 23.5 Å².